The lowest BCUT2D eigenvalue weighted by Crippen LogP contribution is -3.14. The number of benzene rings is 1. The van der Waals surface area contributed by atoms with Crippen molar-refractivity contribution >= 4 is 12.0 Å². The van der Waals surface area contributed by atoms with Gasteiger partial charge in [-0.3, -0.25) is 0 Å². The van der Waals surface area contributed by atoms with E-state index < -0.39 is 12.0 Å². The molecule has 4 atom stereocenters. The summed E-state index contributed by atoms with van der Waals surface area (Å²) in [6, 6.07) is 4.53. The van der Waals surface area contributed by atoms with E-state index in [9.17, 15) is 9.59 Å². The fraction of sp³-hybridized carbons (Fsp3) is 0.545. The van der Waals surface area contributed by atoms with Gasteiger partial charge in [-0.15, -0.1) is 0 Å². The molecular formula is C22H30N3O5+. The molecule has 4 rings (SSSR count). The van der Waals surface area contributed by atoms with Crippen LogP contribution in [0.1, 0.15) is 38.8 Å². The van der Waals surface area contributed by atoms with E-state index in [1.54, 1.807) is 13.0 Å². The van der Waals surface area contributed by atoms with Crippen LogP contribution in [0, 0.1) is 11.8 Å². The minimum atomic E-state index is -0.610. The van der Waals surface area contributed by atoms with Crippen LogP contribution in [-0.4, -0.2) is 45.0 Å². The van der Waals surface area contributed by atoms with Crippen molar-refractivity contribution in [3.63, 3.8) is 0 Å². The summed E-state index contributed by atoms with van der Waals surface area (Å²) in [6.07, 6.45) is 1.21. The molecule has 1 unspecified atom stereocenters. The molecular weight excluding hydrogens is 386 g/mol. The van der Waals surface area contributed by atoms with Crippen molar-refractivity contribution in [2.45, 2.75) is 33.2 Å². The van der Waals surface area contributed by atoms with Crippen LogP contribution in [0.2, 0.25) is 0 Å². The van der Waals surface area contributed by atoms with Gasteiger partial charge in [-0.2, -0.15) is 0 Å². The number of piperidine rings is 1. The zero-order valence-corrected chi connectivity index (χ0v) is 17.7. The quantitative estimate of drug-likeness (QED) is 0.627. The predicted octanol–water partition coefficient (Wildman–Crippen LogP) is 1.15. The molecule has 0 saturated carbocycles. The molecule has 0 aliphatic carbocycles. The first-order chi connectivity index (χ1) is 14.4. The molecule has 162 valence electrons. The lowest BCUT2D eigenvalue weighted by Gasteiger charge is -2.35. The molecule has 3 heterocycles. The molecule has 3 N–H and O–H groups in total. The monoisotopic (exact) mass is 416 g/mol. The second-order valence-corrected chi connectivity index (χ2v) is 8.54. The van der Waals surface area contributed by atoms with E-state index in [0.29, 0.717) is 41.1 Å². The summed E-state index contributed by atoms with van der Waals surface area (Å²) >= 11 is 0. The van der Waals surface area contributed by atoms with Crippen molar-refractivity contribution in [3.8, 4) is 11.5 Å². The number of likely N-dealkylation sites (tertiary alicyclic amines) is 1. The Morgan fingerprint density at radius 2 is 1.93 bits per heavy atom. The number of nitrogens with one attached hydrogen (secondary N) is 3. The van der Waals surface area contributed by atoms with Crippen LogP contribution in [0.3, 0.4) is 0 Å². The highest BCUT2D eigenvalue weighted by Gasteiger charge is 2.37. The number of ether oxygens (including phenoxy) is 3. The molecule has 1 fully saturated rings. The number of hydrogen-bond donors (Lipinski definition) is 3. The maximum Gasteiger partial charge on any atom is 0.338 e. The third-order valence-corrected chi connectivity index (χ3v) is 5.88. The number of quaternary nitrogens is 1. The van der Waals surface area contributed by atoms with Crippen molar-refractivity contribution in [1.82, 2.24) is 10.6 Å². The van der Waals surface area contributed by atoms with Gasteiger partial charge in [-0.05, 0) is 31.0 Å². The minimum Gasteiger partial charge on any atom is -0.463 e. The first kappa shape index (κ1) is 20.5. The Labute approximate surface area is 176 Å². The number of hydrogen-bond acceptors (Lipinski definition) is 5. The average Bonchev–Trinajstić information content (AvgIpc) is 3.14. The summed E-state index contributed by atoms with van der Waals surface area (Å²) < 4.78 is 16.2. The van der Waals surface area contributed by atoms with Crippen molar-refractivity contribution in [3.05, 3.63) is 35.0 Å². The average molecular weight is 416 g/mol. The third-order valence-electron chi connectivity index (χ3n) is 5.88. The normalized spacial score (nSPS) is 28.0. The number of fused-ring (bicyclic) bond motifs is 1. The summed E-state index contributed by atoms with van der Waals surface area (Å²) in [6.45, 7) is 9.34. The molecule has 30 heavy (non-hydrogen) atoms. The molecule has 1 aromatic carbocycles. The van der Waals surface area contributed by atoms with Crippen LogP contribution < -0.4 is 25.0 Å². The van der Waals surface area contributed by atoms with Gasteiger partial charge in [0.2, 0.25) is 6.79 Å². The van der Waals surface area contributed by atoms with Gasteiger partial charge in [0.1, 0.15) is 6.54 Å². The smallest absolute Gasteiger partial charge is 0.338 e. The zero-order chi connectivity index (χ0) is 21.3. The number of esters is 1. The van der Waals surface area contributed by atoms with Crippen molar-refractivity contribution in [2.24, 2.45) is 11.8 Å². The highest BCUT2D eigenvalue weighted by atomic mass is 16.7. The summed E-state index contributed by atoms with van der Waals surface area (Å²) in [7, 11) is 0. The van der Waals surface area contributed by atoms with Gasteiger partial charge >= 0.3 is 12.0 Å². The van der Waals surface area contributed by atoms with E-state index >= 15 is 0 Å². The van der Waals surface area contributed by atoms with Gasteiger partial charge in [0.25, 0.3) is 0 Å². The maximum atomic E-state index is 13.0. The minimum absolute atomic E-state index is 0.165. The Bertz CT molecular complexity index is 858. The molecule has 1 aromatic rings. The van der Waals surface area contributed by atoms with Gasteiger partial charge < -0.3 is 29.7 Å². The topological polar surface area (TPSA) is 90.3 Å². The molecule has 0 radical (unpaired) electrons. The molecule has 0 bridgehead atoms. The number of rotatable bonds is 5. The first-order valence-electron chi connectivity index (χ1n) is 10.6. The molecule has 0 aromatic heterocycles. The van der Waals surface area contributed by atoms with Crippen molar-refractivity contribution in [1.29, 1.82) is 0 Å². The molecule has 8 nitrogen and oxygen atoms in total. The van der Waals surface area contributed by atoms with E-state index in [1.807, 2.05) is 12.1 Å². The third kappa shape index (κ3) is 4.23. The van der Waals surface area contributed by atoms with E-state index in [2.05, 4.69) is 24.5 Å². The standard InChI is InChI=1S/C22H29N3O5/c1-4-28-21(26)19-16(11-25-9-13(2)7-14(3)10-25)23-22(27)24-20(19)15-5-6-17-18(8-15)30-12-29-17/h5-6,8,13-14,20H,4,7,9-12H2,1-3H3,(H2,23,24,27)/p+1/t13-,14+,20-/m1/s1. The van der Waals surface area contributed by atoms with Crippen LogP contribution in [-0.2, 0) is 9.53 Å². The molecule has 3 aliphatic heterocycles. The number of carbonyl (C=O) groups excluding carboxylic acids is 2. The Kier molecular flexibility index (Phi) is 5.85. The lowest BCUT2D eigenvalue weighted by molar-refractivity contribution is -0.907. The first-order valence-corrected chi connectivity index (χ1v) is 10.6. The van der Waals surface area contributed by atoms with Crippen LogP contribution in [0.25, 0.3) is 0 Å². The fourth-order valence-electron chi connectivity index (χ4n) is 4.87. The Hall–Kier alpha value is -2.74. The van der Waals surface area contributed by atoms with Gasteiger partial charge in [0.05, 0.1) is 37.0 Å². The molecule has 8 heteroatoms. The highest BCUT2D eigenvalue weighted by Crippen LogP contribution is 2.37. The maximum absolute atomic E-state index is 13.0. The van der Waals surface area contributed by atoms with Gasteiger partial charge in [0, 0.05) is 11.8 Å². The van der Waals surface area contributed by atoms with E-state index in [1.165, 1.54) is 11.3 Å². The summed E-state index contributed by atoms with van der Waals surface area (Å²) in [4.78, 5) is 26.8. The second kappa shape index (κ2) is 8.55. The van der Waals surface area contributed by atoms with Crippen LogP contribution in [0.4, 0.5) is 4.79 Å². The molecule has 3 aliphatic rings. The fourth-order valence-corrected chi connectivity index (χ4v) is 4.87. The van der Waals surface area contributed by atoms with Crippen LogP contribution >= 0.6 is 0 Å². The van der Waals surface area contributed by atoms with Gasteiger partial charge in [-0.1, -0.05) is 19.9 Å². The summed E-state index contributed by atoms with van der Waals surface area (Å²) in [5.74, 6) is 2.06. The molecule has 1 saturated heterocycles. The van der Waals surface area contributed by atoms with Crippen LogP contribution in [0.5, 0.6) is 11.5 Å². The second-order valence-electron chi connectivity index (χ2n) is 8.54. The summed E-state index contributed by atoms with van der Waals surface area (Å²) in [5, 5.41) is 5.77. The van der Waals surface area contributed by atoms with Crippen molar-refractivity contribution < 1.29 is 28.7 Å². The predicted molar refractivity (Wildman–Crippen MR) is 109 cm³/mol. The number of carbonyl (C=O) groups is 2. The van der Waals surface area contributed by atoms with E-state index in [4.69, 9.17) is 14.2 Å². The van der Waals surface area contributed by atoms with Gasteiger partial charge in [0.15, 0.2) is 11.5 Å². The Balaban J connectivity index is 1.69. The number of urea groups is 1. The largest absolute Gasteiger partial charge is 0.463 e. The zero-order valence-electron chi connectivity index (χ0n) is 17.7. The molecule has 0 spiro atoms. The van der Waals surface area contributed by atoms with Crippen molar-refractivity contribution in [2.75, 3.05) is 33.0 Å². The lowest BCUT2D eigenvalue weighted by atomic mass is 9.91. The highest BCUT2D eigenvalue weighted by molar-refractivity contribution is 5.95. The number of amides is 2. The summed E-state index contributed by atoms with van der Waals surface area (Å²) in [5.41, 5.74) is 1.84. The van der Waals surface area contributed by atoms with Gasteiger partial charge in [-0.25, -0.2) is 9.59 Å². The van der Waals surface area contributed by atoms with E-state index in [0.717, 1.165) is 18.7 Å². The van der Waals surface area contributed by atoms with Crippen LogP contribution in [0.15, 0.2) is 29.5 Å². The SMILES string of the molecule is CCOC(=O)C1=C(C[NH+]2C[C@H](C)C[C@H](C)C2)NC(=O)N[C@@H]1c1ccc2c(c1)OCO2. The Morgan fingerprint density at radius 3 is 2.67 bits per heavy atom. The molecule has 2 amide bonds. The Morgan fingerprint density at radius 1 is 1.20 bits per heavy atom. The van der Waals surface area contributed by atoms with E-state index in [-0.39, 0.29) is 19.4 Å².